The van der Waals surface area contributed by atoms with Crippen molar-refractivity contribution >= 4 is 5.91 Å². The normalized spacial score (nSPS) is 13.3. The zero-order chi connectivity index (χ0) is 23.0. The van der Waals surface area contributed by atoms with Gasteiger partial charge in [0.05, 0.1) is 5.69 Å². The Balaban J connectivity index is 1.77. The highest BCUT2D eigenvalue weighted by molar-refractivity contribution is 5.92. The fourth-order valence-corrected chi connectivity index (χ4v) is 2.68. The minimum atomic E-state index is -4.65. The monoisotopic (exact) mass is 438 g/mol. The third-order valence-electron chi connectivity index (χ3n) is 4.71. The number of methoxy groups -OCH3 is 1. The molecule has 12 heteroatoms. The fraction of sp³-hybridized carbons (Fsp3) is 0.421. The van der Waals surface area contributed by atoms with Gasteiger partial charge in [0, 0.05) is 32.0 Å². The molecule has 1 atom stereocenters. The molecular weight excluding hydrogens is 417 g/mol. The Bertz CT molecular complexity index is 1090. The molecule has 0 aliphatic heterocycles. The zero-order valence-electron chi connectivity index (χ0n) is 17.5. The molecule has 0 saturated carbocycles. The number of rotatable bonds is 6. The molecule has 9 nitrogen and oxygen atoms in total. The highest BCUT2D eigenvalue weighted by Gasteiger charge is 2.35. The van der Waals surface area contributed by atoms with Crippen molar-refractivity contribution in [1.29, 1.82) is 0 Å². The van der Waals surface area contributed by atoms with E-state index in [0.29, 0.717) is 17.3 Å². The minimum Gasteiger partial charge on any atom is -0.373 e. The van der Waals surface area contributed by atoms with E-state index in [4.69, 9.17) is 9.26 Å². The van der Waals surface area contributed by atoms with E-state index in [2.05, 4.69) is 25.5 Å². The van der Waals surface area contributed by atoms with Crippen LogP contribution in [0.2, 0.25) is 0 Å². The van der Waals surface area contributed by atoms with E-state index in [0.717, 1.165) is 4.68 Å². The summed E-state index contributed by atoms with van der Waals surface area (Å²) in [5, 5.41) is 9.78. The van der Waals surface area contributed by atoms with E-state index >= 15 is 0 Å². The third kappa shape index (κ3) is 4.74. The second kappa shape index (κ2) is 8.10. The van der Waals surface area contributed by atoms with Gasteiger partial charge in [-0.3, -0.25) is 14.5 Å². The van der Waals surface area contributed by atoms with Crippen LogP contribution in [0, 0.1) is 0 Å². The van der Waals surface area contributed by atoms with Crippen molar-refractivity contribution in [3.05, 3.63) is 47.4 Å². The molecule has 0 aromatic carbocycles. The van der Waals surface area contributed by atoms with Crippen LogP contribution < -0.4 is 5.32 Å². The molecule has 1 N–H and O–H groups in total. The van der Waals surface area contributed by atoms with Crippen LogP contribution in [0.25, 0.3) is 11.4 Å². The van der Waals surface area contributed by atoms with Gasteiger partial charge in [0.25, 0.3) is 5.91 Å². The molecule has 166 valence electrons. The van der Waals surface area contributed by atoms with E-state index in [1.807, 2.05) is 13.8 Å². The van der Waals surface area contributed by atoms with Gasteiger partial charge in [-0.1, -0.05) is 5.16 Å². The van der Waals surface area contributed by atoms with Gasteiger partial charge >= 0.3 is 6.18 Å². The molecule has 1 amide bonds. The summed E-state index contributed by atoms with van der Waals surface area (Å²) in [6.45, 7) is 5.30. The second-order valence-electron chi connectivity index (χ2n) is 7.33. The van der Waals surface area contributed by atoms with Crippen molar-refractivity contribution in [1.82, 2.24) is 30.2 Å². The Morgan fingerprint density at radius 2 is 1.97 bits per heavy atom. The van der Waals surface area contributed by atoms with Crippen molar-refractivity contribution in [3.63, 3.8) is 0 Å². The summed E-state index contributed by atoms with van der Waals surface area (Å²) in [6.07, 6.45) is -3.06. The molecule has 3 rings (SSSR count). The van der Waals surface area contributed by atoms with Gasteiger partial charge in [0.15, 0.2) is 5.69 Å². The standard InChI is InChI=1S/C19H21F3N6O3/c1-10(24-16(29)12-9-14(19(20,21)22)26-28(12)4)17-25-15(27-31-17)11-6-7-23-13(8-11)18(2,3)30-5/h6-10H,1-5H3,(H,24,29)/t10-/m0/s1. The first-order valence-electron chi connectivity index (χ1n) is 9.20. The summed E-state index contributed by atoms with van der Waals surface area (Å²) in [5.41, 5.74) is -0.732. The van der Waals surface area contributed by atoms with Gasteiger partial charge in [-0.25, -0.2) is 0 Å². The Morgan fingerprint density at radius 1 is 1.26 bits per heavy atom. The molecule has 0 fully saturated rings. The first kappa shape index (κ1) is 22.4. The first-order valence-corrected chi connectivity index (χ1v) is 9.20. The molecule has 3 heterocycles. The molecule has 0 radical (unpaired) electrons. The Kier molecular flexibility index (Phi) is 5.85. The predicted octanol–water partition coefficient (Wildman–Crippen LogP) is 3.26. The number of aryl methyl sites for hydroxylation is 1. The summed E-state index contributed by atoms with van der Waals surface area (Å²) >= 11 is 0. The van der Waals surface area contributed by atoms with Crippen molar-refractivity contribution in [2.24, 2.45) is 7.05 Å². The topological polar surface area (TPSA) is 108 Å². The number of halogens is 3. The minimum absolute atomic E-state index is 0.0888. The number of alkyl halides is 3. The highest BCUT2D eigenvalue weighted by atomic mass is 19.4. The number of carbonyl (C=O) groups excluding carboxylic acids is 1. The largest absolute Gasteiger partial charge is 0.435 e. The lowest BCUT2D eigenvalue weighted by Gasteiger charge is -2.22. The van der Waals surface area contributed by atoms with E-state index in [1.165, 1.54) is 7.05 Å². The molecule has 0 bridgehead atoms. The predicted molar refractivity (Wildman–Crippen MR) is 102 cm³/mol. The van der Waals surface area contributed by atoms with Crippen molar-refractivity contribution in [2.75, 3.05) is 7.11 Å². The van der Waals surface area contributed by atoms with Crippen LogP contribution in [0.3, 0.4) is 0 Å². The third-order valence-corrected chi connectivity index (χ3v) is 4.71. The number of aromatic nitrogens is 5. The molecule has 3 aromatic heterocycles. The van der Waals surface area contributed by atoms with Gasteiger partial charge in [-0.2, -0.15) is 23.3 Å². The lowest BCUT2D eigenvalue weighted by atomic mass is 10.0. The van der Waals surface area contributed by atoms with E-state index < -0.39 is 29.4 Å². The molecule has 3 aromatic rings. The summed E-state index contributed by atoms with van der Waals surface area (Å²) in [7, 11) is 2.83. The highest BCUT2D eigenvalue weighted by Crippen LogP contribution is 2.29. The van der Waals surface area contributed by atoms with Gasteiger partial charge in [0.1, 0.15) is 17.3 Å². The van der Waals surface area contributed by atoms with Crippen LogP contribution in [-0.2, 0) is 23.6 Å². The number of pyridine rings is 1. The number of amides is 1. The van der Waals surface area contributed by atoms with Gasteiger partial charge in [-0.05, 0) is 32.9 Å². The summed E-state index contributed by atoms with van der Waals surface area (Å²) < 4.78 is 49.9. The molecule has 0 saturated heterocycles. The van der Waals surface area contributed by atoms with E-state index in [-0.39, 0.29) is 17.4 Å². The van der Waals surface area contributed by atoms with Crippen molar-refractivity contribution in [3.8, 4) is 11.4 Å². The maximum absolute atomic E-state index is 12.8. The lowest BCUT2D eigenvalue weighted by Crippen LogP contribution is -2.28. The average Bonchev–Trinajstić information content (AvgIpc) is 3.35. The number of carbonyl (C=O) groups is 1. The van der Waals surface area contributed by atoms with Crippen LogP contribution in [-0.4, -0.2) is 37.9 Å². The number of nitrogens with zero attached hydrogens (tertiary/aromatic N) is 5. The first-order chi connectivity index (χ1) is 14.4. The van der Waals surface area contributed by atoms with Gasteiger partial charge in [-0.15, -0.1) is 0 Å². The maximum Gasteiger partial charge on any atom is 0.435 e. The van der Waals surface area contributed by atoms with Crippen LogP contribution >= 0.6 is 0 Å². The van der Waals surface area contributed by atoms with Crippen LogP contribution in [0.15, 0.2) is 28.9 Å². The second-order valence-corrected chi connectivity index (χ2v) is 7.33. The number of hydrogen-bond acceptors (Lipinski definition) is 7. The Hall–Kier alpha value is -3.28. The van der Waals surface area contributed by atoms with E-state index in [1.54, 1.807) is 32.4 Å². The summed E-state index contributed by atoms with van der Waals surface area (Å²) in [5.74, 6) is -0.400. The Labute approximate surface area is 175 Å². The molecule has 0 spiro atoms. The molecule has 0 unspecified atom stereocenters. The fourth-order valence-electron chi connectivity index (χ4n) is 2.68. The number of hydrogen-bond donors (Lipinski definition) is 1. The van der Waals surface area contributed by atoms with Crippen molar-refractivity contribution in [2.45, 2.75) is 38.6 Å². The number of ether oxygens (including phenoxy) is 1. The molecular formula is C19H21F3N6O3. The maximum atomic E-state index is 12.8. The number of nitrogens with one attached hydrogen (secondary N) is 1. The molecule has 0 aliphatic rings. The summed E-state index contributed by atoms with van der Waals surface area (Å²) in [4.78, 5) is 21.0. The SMILES string of the molecule is COC(C)(C)c1cc(-c2noc([C@H](C)NC(=O)c3cc(C(F)(F)F)nn3C)n2)ccn1. The quantitative estimate of drug-likeness (QED) is 0.629. The molecule has 31 heavy (non-hydrogen) atoms. The van der Waals surface area contributed by atoms with E-state index in [9.17, 15) is 18.0 Å². The van der Waals surface area contributed by atoms with Gasteiger partial charge < -0.3 is 14.6 Å². The Morgan fingerprint density at radius 3 is 2.58 bits per heavy atom. The van der Waals surface area contributed by atoms with Crippen LogP contribution in [0.1, 0.15) is 54.6 Å². The smallest absolute Gasteiger partial charge is 0.373 e. The average molecular weight is 438 g/mol. The zero-order valence-corrected chi connectivity index (χ0v) is 17.5. The molecule has 0 aliphatic carbocycles. The van der Waals surface area contributed by atoms with Crippen LogP contribution in [0.4, 0.5) is 13.2 Å². The van der Waals surface area contributed by atoms with Crippen molar-refractivity contribution < 1.29 is 27.2 Å². The van der Waals surface area contributed by atoms with Crippen LogP contribution in [0.5, 0.6) is 0 Å². The van der Waals surface area contributed by atoms with Gasteiger partial charge in [0.2, 0.25) is 11.7 Å². The summed E-state index contributed by atoms with van der Waals surface area (Å²) in [6, 6.07) is 3.38. The lowest BCUT2D eigenvalue weighted by molar-refractivity contribution is -0.141.